The van der Waals surface area contributed by atoms with Gasteiger partial charge in [0.05, 0.1) is 19.3 Å². The van der Waals surface area contributed by atoms with E-state index in [0.29, 0.717) is 42.7 Å². The molecule has 0 radical (unpaired) electrons. The minimum atomic E-state index is -0.939. The van der Waals surface area contributed by atoms with Crippen LogP contribution in [0.5, 0.6) is 0 Å². The highest BCUT2D eigenvalue weighted by Crippen LogP contribution is 2.56. The molecule has 30 heavy (non-hydrogen) atoms. The van der Waals surface area contributed by atoms with Crippen LogP contribution in [0.1, 0.15) is 18.1 Å². The molecule has 1 heterocycles. The molecule has 2 unspecified atom stereocenters. The van der Waals surface area contributed by atoms with Crippen LogP contribution in [0.15, 0.2) is 54.6 Å². The summed E-state index contributed by atoms with van der Waals surface area (Å²) in [6, 6.07) is 8.76. The lowest BCUT2D eigenvalue weighted by Gasteiger charge is -2.32. The number of morpholine rings is 1. The molecule has 1 aromatic carbocycles. The van der Waals surface area contributed by atoms with E-state index in [1.165, 1.54) is 0 Å². The number of fused-ring (bicyclic) bond motifs is 1. The molecule has 0 spiro atoms. The molecular weight excluding hydrogens is 400 g/mol. The summed E-state index contributed by atoms with van der Waals surface area (Å²) in [7, 11) is 0. The van der Waals surface area contributed by atoms with Crippen LogP contribution in [-0.2, 0) is 9.47 Å². The first-order valence-electron chi connectivity index (χ1n) is 10.4. The second kappa shape index (κ2) is 9.39. The van der Waals surface area contributed by atoms with Crippen LogP contribution in [0.25, 0.3) is 0 Å². The number of carbonyl (C=O) groups is 1. The van der Waals surface area contributed by atoms with E-state index in [1.54, 1.807) is 0 Å². The number of aliphatic hydroxyl groups excluding tert-OH is 1. The molecule has 1 amide bonds. The lowest BCUT2D eigenvalue weighted by molar-refractivity contribution is 0.0357. The largest absolute Gasteiger partial charge is 0.449 e. The molecule has 7 heteroatoms. The van der Waals surface area contributed by atoms with Gasteiger partial charge in [0.1, 0.15) is 12.7 Å². The molecule has 6 nitrogen and oxygen atoms in total. The van der Waals surface area contributed by atoms with Gasteiger partial charge in [-0.1, -0.05) is 66.9 Å². The van der Waals surface area contributed by atoms with Gasteiger partial charge in [0, 0.05) is 29.9 Å². The van der Waals surface area contributed by atoms with Crippen LogP contribution in [0.3, 0.4) is 0 Å². The van der Waals surface area contributed by atoms with E-state index in [0.717, 1.165) is 19.5 Å². The molecule has 1 aliphatic heterocycles. The van der Waals surface area contributed by atoms with Crippen LogP contribution in [0.2, 0.25) is 0 Å². The minimum Gasteiger partial charge on any atom is -0.449 e. The highest BCUT2D eigenvalue weighted by atomic mass is 32.1. The van der Waals surface area contributed by atoms with Crippen molar-refractivity contribution in [3.63, 3.8) is 0 Å². The molecule has 4 atom stereocenters. The quantitative estimate of drug-likeness (QED) is 0.621. The minimum absolute atomic E-state index is 0.0458. The second-order valence-electron chi connectivity index (χ2n) is 8.19. The number of carbonyl (C=O) groups excluding carboxylic acids is 1. The molecule has 2 aliphatic carbocycles. The maximum atomic E-state index is 12.6. The van der Waals surface area contributed by atoms with E-state index < -0.39 is 18.2 Å². The van der Waals surface area contributed by atoms with Gasteiger partial charge in [0.15, 0.2) is 0 Å². The number of nitrogens with zero attached hydrogens (tertiary/aromatic N) is 1. The number of hydrogen-bond donors (Lipinski definition) is 2. The van der Waals surface area contributed by atoms with Crippen molar-refractivity contribution in [2.24, 2.45) is 11.3 Å². The Balaban J connectivity index is 1.38. The molecular formula is C23H28N2O4S. The molecule has 4 rings (SSSR count). The van der Waals surface area contributed by atoms with Gasteiger partial charge in [-0.2, -0.15) is 0 Å². The van der Waals surface area contributed by atoms with Gasteiger partial charge < -0.3 is 19.9 Å². The summed E-state index contributed by atoms with van der Waals surface area (Å²) in [6.45, 7) is 3.68. The number of ether oxygens (including phenoxy) is 2. The van der Waals surface area contributed by atoms with Gasteiger partial charge in [-0.15, -0.1) is 0 Å². The third kappa shape index (κ3) is 4.98. The zero-order chi connectivity index (χ0) is 21.0. The van der Waals surface area contributed by atoms with E-state index in [4.69, 9.17) is 21.7 Å². The topological polar surface area (TPSA) is 71.0 Å². The lowest BCUT2D eigenvalue weighted by Crippen LogP contribution is -2.51. The smallest absolute Gasteiger partial charge is 0.407 e. The maximum absolute atomic E-state index is 12.6. The second-order valence-corrected chi connectivity index (χ2v) is 8.66. The summed E-state index contributed by atoms with van der Waals surface area (Å²) >= 11 is 5.61. The number of amides is 1. The number of allylic oxidation sites excluding steroid dienone is 3. The van der Waals surface area contributed by atoms with Gasteiger partial charge in [-0.25, -0.2) is 4.79 Å². The molecule has 0 aromatic heterocycles. The summed E-state index contributed by atoms with van der Waals surface area (Å²) in [5.41, 5.74) is 0.666. The van der Waals surface area contributed by atoms with E-state index in [9.17, 15) is 9.90 Å². The van der Waals surface area contributed by atoms with Crippen molar-refractivity contribution < 1.29 is 19.4 Å². The molecule has 2 N–H and O–H groups in total. The fourth-order valence-corrected chi connectivity index (χ4v) is 4.35. The highest BCUT2D eigenvalue weighted by Gasteiger charge is 2.52. The molecule has 1 saturated carbocycles. The van der Waals surface area contributed by atoms with E-state index in [2.05, 4.69) is 22.4 Å². The van der Waals surface area contributed by atoms with Gasteiger partial charge in [0.25, 0.3) is 0 Å². The number of thiocarbonyl (C=S) groups is 1. The SMILES string of the molecule is O=C(N[C@@H](CN1CCOCC1)C(=S)[C@@H](O)c1ccccc1)OCC12C=CC=CC1C2. The molecule has 1 saturated heterocycles. The van der Waals surface area contributed by atoms with Gasteiger partial charge in [-0.05, 0) is 17.9 Å². The van der Waals surface area contributed by atoms with Crippen LogP contribution in [-0.4, -0.2) is 66.5 Å². The predicted molar refractivity (Wildman–Crippen MR) is 118 cm³/mol. The first kappa shape index (κ1) is 21.2. The van der Waals surface area contributed by atoms with Crippen molar-refractivity contribution in [2.75, 3.05) is 39.5 Å². The number of rotatable bonds is 8. The fourth-order valence-electron chi connectivity index (χ4n) is 4.08. The van der Waals surface area contributed by atoms with Crippen molar-refractivity contribution in [3.05, 3.63) is 60.2 Å². The number of benzene rings is 1. The Hall–Kier alpha value is -2.06. The number of hydrogen-bond acceptors (Lipinski definition) is 6. The van der Waals surface area contributed by atoms with Crippen molar-refractivity contribution >= 4 is 23.2 Å². The Bertz CT molecular complexity index is 822. The zero-order valence-electron chi connectivity index (χ0n) is 16.9. The Kier molecular flexibility index (Phi) is 6.63. The predicted octanol–water partition coefficient (Wildman–Crippen LogP) is 2.65. The van der Waals surface area contributed by atoms with Crippen molar-refractivity contribution in [1.82, 2.24) is 10.2 Å². The van der Waals surface area contributed by atoms with Crippen LogP contribution < -0.4 is 5.32 Å². The molecule has 1 aromatic rings. The monoisotopic (exact) mass is 428 g/mol. The summed E-state index contributed by atoms with van der Waals surface area (Å²) in [4.78, 5) is 15.2. The van der Waals surface area contributed by atoms with Crippen molar-refractivity contribution in [3.8, 4) is 0 Å². The van der Waals surface area contributed by atoms with Crippen LogP contribution in [0.4, 0.5) is 4.79 Å². The van der Waals surface area contributed by atoms with E-state index >= 15 is 0 Å². The average molecular weight is 429 g/mol. The summed E-state index contributed by atoms with van der Waals surface area (Å²) < 4.78 is 11.0. The number of aliphatic hydroxyl groups is 1. The Morgan fingerprint density at radius 2 is 2.07 bits per heavy atom. The van der Waals surface area contributed by atoms with Crippen LogP contribution >= 0.6 is 12.2 Å². The number of nitrogens with one attached hydrogen (secondary N) is 1. The zero-order valence-corrected chi connectivity index (χ0v) is 17.7. The first-order chi connectivity index (χ1) is 14.6. The Morgan fingerprint density at radius 1 is 1.30 bits per heavy atom. The van der Waals surface area contributed by atoms with Crippen molar-refractivity contribution in [1.29, 1.82) is 0 Å². The summed E-state index contributed by atoms with van der Waals surface area (Å²) in [5.74, 6) is 0.459. The number of alkyl carbamates (subject to hydrolysis) is 1. The van der Waals surface area contributed by atoms with Crippen molar-refractivity contribution in [2.45, 2.75) is 18.6 Å². The van der Waals surface area contributed by atoms with E-state index in [-0.39, 0.29) is 5.41 Å². The molecule has 0 bridgehead atoms. The summed E-state index contributed by atoms with van der Waals surface area (Å²) in [6.07, 6.45) is 7.91. The fraction of sp³-hybridized carbons (Fsp3) is 0.478. The highest BCUT2D eigenvalue weighted by molar-refractivity contribution is 7.80. The third-order valence-electron chi connectivity index (χ3n) is 6.10. The molecule has 160 valence electrons. The van der Waals surface area contributed by atoms with E-state index in [1.807, 2.05) is 42.5 Å². The average Bonchev–Trinajstić information content (AvgIpc) is 3.52. The molecule has 3 aliphatic rings. The van der Waals surface area contributed by atoms with Gasteiger partial charge >= 0.3 is 6.09 Å². The third-order valence-corrected chi connectivity index (χ3v) is 6.61. The summed E-state index contributed by atoms with van der Waals surface area (Å²) in [5, 5.41) is 13.7. The van der Waals surface area contributed by atoms with Crippen LogP contribution in [0, 0.1) is 11.3 Å². The molecule has 2 fully saturated rings. The first-order valence-corrected chi connectivity index (χ1v) is 10.8. The standard InChI is InChI=1S/C23H28N2O4S/c26-20(17-6-2-1-3-7-17)21(30)19(15-25-10-12-28-13-11-25)24-22(27)29-16-23-9-5-4-8-18(23)14-23/h1-9,18-20,26H,10-16H2,(H,24,27)/t18?,19-,20-,23?/m0/s1. The normalized spacial score (nSPS) is 27.0. The lowest BCUT2D eigenvalue weighted by atomic mass is 10.0. The Morgan fingerprint density at radius 3 is 2.80 bits per heavy atom. The maximum Gasteiger partial charge on any atom is 0.407 e. The van der Waals surface area contributed by atoms with Gasteiger partial charge in [0.2, 0.25) is 0 Å². The Labute approximate surface area is 182 Å². The van der Waals surface area contributed by atoms with Gasteiger partial charge in [-0.3, -0.25) is 4.90 Å².